The van der Waals surface area contributed by atoms with Crippen LogP contribution in [0.15, 0.2) is 30.5 Å². The molecule has 0 spiro atoms. The van der Waals surface area contributed by atoms with Crippen LogP contribution in [0, 0.1) is 0 Å². The molecule has 1 aromatic heterocycles. The van der Waals surface area contributed by atoms with Crippen LogP contribution in [0.25, 0.3) is 10.8 Å². The van der Waals surface area contributed by atoms with Crippen molar-refractivity contribution in [2.75, 3.05) is 25.0 Å². The summed E-state index contributed by atoms with van der Waals surface area (Å²) < 4.78 is 0. The fraction of sp³-hybridized carbons (Fsp3) is 0.357. The molecule has 18 heavy (non-hydrogen) atoms. The molecule has 0 radical (unpaired) electrons. The van der Waals surface area contributed by atoms with Gasteiger partial charge in [0.15, 0.2) is 0 Å². The van der Waals surface area contributed by atoms with Gasteiger partial charge in [0, 0.05) is 31.2 Å². The van der Waals surface area contributed by atoms with Gasteiger partial charge in [-0.3, -0.25) is 0 Å². The Kier molecular flexibility index (Phi) is 2.80. The molecule has 94 valence electrons. The number of anilines is 1. The molecule has 0 amide bonds. The van der Waals surface area contributed by atoms with E-state index in [1.165, 1.54) is 0 Å². The van der Waals surface area contributed by atoms with Crippen molar-refractivity contribution in [3.63, 3.8) is 0 Å². The van der Waals surface area contributed by atoms with Crippen molar-refractivity contribution in [1.82, 2.24) is 10.3 Å². The van der Waals surface area contributed by atoms with E-state index < -0.39 is 0 Å². The maximum atomic E-state index is 9.64. The number of benzene rings is 1. The predicted octanol–water partition coefficient (Wildman–Crippen LogP) is 1.74. The summed E-state index contributed by atoms with van der Waals surface area (Å²) in [5.74, 6) is 1.23. The first-order chi connectivity index (χ1) is 8.75. The molecule has 3 rings (SSSR count). The van der Waals surface area contributed by atoms with Crippen LogP contribution in [0.5, 0.6) is 5.75 Å². The van der Waals surface area contributed by atoms with E-state index in [2.05, 4.69) is 22.2 Å². The number of nitrogens with one attached hydrogen (secondary N) is 1. The first kappa shape index (κ1) is 11.3. The maximum absolute atomic E-state index is 9.64. The maximum Gasteiger partial charge on any atom is 0.136 e. The number of rotatable bonds is 2. The normalized spacial score (nSPS) is 19.3. The summed E-state index contributed by atoms with van der Waals surface area (Å²) in [6, 6.07) is 7.88. The SMILES string of the molecule is CN(c1nccc2ccc(O)cc12)C1CCNC1. The quantitative estimate of drug-likeness (QED) is 0.843. The highest BCUT2D eigenvalue weighted by atomic mass is 16.3. The van der Waals surface area contributed by atoms with E-state index in [1.54, 1.807) is 12.1 Å². The molecule has 1 fully saturated rings. The minimum atomic E-state index is 0.287. The zero-order valence-corrected chi connectivity index (χ0v) is 10.4. The Morgan fingerprint density at radius 2 is 2.28 bits per heavy atom. The fourth-order valence-corrected chi connectivity index (χ4v) is 2.56. The van der Waals surface area contributed by atoms with Crippen molar-refractivity contribution in [3.05, 3.63) is 30.5 Å². The number of pyridine rings is 1. The van der Waals surface area contributed by atoms with Gasteiger partial charge in [0.05, 0.1) is 0 Å². The third-order valence-electron chi connectivity index (χ3n) is 3.64. The largest absolute Gasteiger partial charge is 0.508 e. The summed E-state index contributed by atoms with van der Waals surface area (Å²) in [4.78, 5) is 6.69. The molecule has 2 N–H and O–H groups in total. The lowest BCUT2D eigenvalue weighted by atomic mass is 10.1. The molecule has 1 atom stereocenters. The molecule has 2 aromatic rings. The molecule has 0 bridgehead atoms. The molecule has 1 unspecified atom stereocenters. The van der Waals surface area contributed by atoms with Gasteiger partial charge in [-0.1, -0.05) is 6.07 Å². The van der Waals surface area contributed by atoms with Gasteiger partial charge in [0.2, 0.25) is 0 Å². The monoisotopic (exact) mass is 243 g/mol. The Bertz CT molecular complexity index is 564. The Hall–Kier alpha value is -1.81. The molecule has 4 heteroatoms. The summed E-state index contributed by atoms with van der Waals surface area (Å²) in [5, 5.41) is 15.1. The number of phenolic OH excluding ortho intramolecular Hbond substituents is 1. The molecule has 1 saturated heterocycles. The highest BCUT2D eigenvalue weighted by molar-refractivity contribution is 5.93. The smallest absolute Gasteiger partial charge is 0.136 e. The van der Waals surface area contributed by atoms with E-state index in [0.29, 0.717) is 6.04 Å². The average molecular weight is 243 g/mol. The van der Waals surface area contributed by atoms with Gasteiger partial charge in [-0.15, -0.1) is 0 Å². The Morgan fingerprint density at radius 3 is 3.06 bits per heavy atom. The average Bonchev–Trinajstić information content (AvgIpc) is 2.91. The summed E-state index contributed by atoms with van der Waals surface area (Å²) in [5.41, 5.74) is 0. The van der Waals surface area contributed by atoms with Crippen LogP contribution in [-0.2, 0) is 0 Å². The second-order valence-electron chi connectivity index (χ2n) is 4.80. The van der Waals surface area contributed by atoms with Crippen LogP contribution in [0.4, 0.5) is 5.82 Å². The summed E-state index contributed by atoms with van der Waals surface area (Å²) in [6.45, 7) is 2.05. The van der Waals surface area contributed by atoms with Gasteiger partial charge in [-0.2, -0.15) is 0 Å². The van der Waals surface area contributed by atoms with E-state index in [-0.39, 0.29) is 5.75 Å². The van der Waals surface area contributed by atoms with Crippen LogP contribution in [-0.4, -0.2) is 36.3 Å². The number of hydrogen-bond donors (Lipinski definition) is 2. The van der Waals surface area contributed by atoms with Gasteiger partial charge in [-0.25, -0.2) is 4.98 Å². The fourth-order valence-electron chi connectivity index (χ4n) is 2.56. The molecule has 2 heterocycles. The van der Waals surface area contributed by atoms with Gasteiger partial charge in [0.25, 0.3) is 0 Å². The lowest BCUT2D eigenvalue weighted by Gasteiger charge is -2.26. The van der Waals surface area contributed by atoms with E-state index in [4.69, 9.17) is 0 Å². The lowest BCUT2D eigenvalue weighted by Crippen LogP contribution is -2.34. The van der Waals surface area contributed by atoms with Crippen molar-refractivity contribution >= 4 is 16.6 Å². The van der Waals surface area contributed by atoms with Crippen LogP contribution in [0.2, 0.25) is 0 Å². The van der Waals surface area contributed by atoms with Crippen molar-refractivity contribution in [3.8, 4) is 5.75 Å². The molecule has 1 aliphatic heterocycles. The van der Waals surface area contributed by atoms with Crippen LogP contribution in [0.1, 0.15) is 6.42 Å². The topological polar surface area (TPSA) is 48.4 Å². The minimum absolute atomic E-state index is 0.287. The number of aromatic nitrogens is 1. The first-order valence-corrected chi connectivity index (χ1v) is 6.27. The van der Waals surface area contributed by atoms with Crippen molar-refractivity contribution in [2.24, 2.45) is 0 Å². The Morgan fingerprint density at radius 1 is 1.39 bits per heavy atom. The van der Waals surface area contributed by atoms with Crippen LogP contribution < -0.4 is 10.2 Å². The molecule has 0 saturated carbocycles. The van der Waals surface area contributed by atoms with E-state index in [0.717, 1.165) is 36.1 Å². The molecular weight excluding hydrogens is 226 g/mol. The number of hydrogen-bond acceptors (Lipinski definition) is 4. The molecule has 0 aliphatic carbocycles. The summed E-state index contributed by atoms with van der Waals surface area (Å²) in [6.07, 6.45) is 2.96. The first-order valence-electron chi connectivity index (χ1n) is 6.27. The second kappa shape index (κ2) is 4.46. The van der Waals surface area contributed by atoms with Crippen LogP contribution in [0.3, 0.4) is 0 Å². The van der Waals surface area contributed by atoms with E-state index in [9.17, 15) is 5.11 Å². The number of fused-ring (bicyclic) bond motifs is 1. The summed E-state index contributed by atoms with van der Waals surface area (Å²) >= 11 is 0. The number of aromatic hydroxyl groups is 1. The zero-order valence-electron chi connectivity index (χ0n) is 10.4. The highest BCUT2D eigenvalue weighted by Gasteiger charge is 2.21. The number of nitrogens with zero attached hydrogens (tertiary/aromatic N) is 2. The third kappa shape index (κ3) is 1.88. The predicted molar refractivity (Wildman–Crippen MR) is 73.1 cm³/mol. The van der Waals surface area contributed by atoms with Crippen molar-refractivity contribution in [1.29, 1.82) is 0 Å². The van der Waals surface area contributed by atoms with Gasteiger partial charge in [-0.05, 0) is 36.6 Å². The Balaban J connectivity index is 2.07. The highest BCUT2D eigenvalue weighted by Crippen LogP contribution is 2.28. The van der Waals surface area contributed by atoms with Crippen molar-refractivity contribution in [2.45, 2.75) is 12.5 Å². The van der Waals surface area contributed by atoms with E-state index in [1.807, 2.05) is 18.3 Å². The van der Waals surface area contributed by atoms with Gasteiger partial charge in [0.1, 0.15) is 11.6 Å². The van der Waals surface area contributed by atoms with Gasteiger partial charge >= 0.3 is 0 Å². The van der Waals surface area contributed by atoms with Crippen LogP contribution >= 0.6 is 0 Å². The standard InChI is InChI=1S/C14H17N3O/c1-17(11-5-6-15-9-11)14-13-8-12(18)3-2-10(13)4-7-16-14/h2-4,7-8,11,15,18H,5-6,9H2,1H3. The van der Waals surface area contributed by atoms with Crippen molar-refractivity contribution < 1.29 is 5.11 Å². The zero-order chi connectivity index (χ0) is 12.5. The van der Waals surface area contributed by atoms with E-state index >= 15 is 0 Å². The molecular formula is C14H17N3O. The lowest BCUT2D eigenvalue weighted by molar-refractivity contribution is 0.476. The van der Waals surface area contributed by atoms with Gasteiger partial charge < -0.3 is 15.3 Å². The second-order valence-corrected chi connectivity index (χ2v) is 4.80. The summed E-state index contributed by atoms with van der Waals surface area (Å²) in [7, 11) is 2.07. The Labute approximate surface area is 106 Å². The third-order valence-corrected chi connectivity index (χ3v) is 3.64. The molecule has 4 nitrogen and oxygen atoms in total. The minimum Gasteiger partial charge on any atom is -0.508 e. The molecule has 1 aliphatic rings. The number of likely N-dealkylation sites (N-methyl/N-ethyl adjacent to an activating group) is 1. The number of phenols is 1. The molecule has 1 aromatic carbocycles.